The normalized spacial score (nSPS) is 12.3. The molecule has 0 radical (unpaired) electrons. The Balaban J connectivity index is 0.00000136. The first-order valence-corrected chi connectivity index (χ1v) is 9.27. The number of nitrogens with zero attached hydrogens (tertiary/aromatic N) is 2. The molecule has 2 aromatic carbocycles. The maximum absolute atomic E-state index is 11.0. The van der Waals surface area contributed by atoms with Crippen molar-refractivity contribution in [3.8, 4) is 0 Å². The summed E-state index contributed by atoms with van der Waals surface area (Å²) in [7, 11) is 1.00. The zero-order valence-electron chi connectivity index (χ0n) is 15.8. The minimum Gasteiger partial charge on any atom is -0.400 e. The zero-order chi connectivity index (χ0) is 20.7. The van der Waals surface area contributed by atoms with Crippen molar-refractivity contribution in [1.29, 1.82) is 0 Å². The summed E-state index contributed by atoms with van der Waals surface area (Å²) in [5.41, 5.74) is 4.69. The van der Waals surface area contributed by atoms with Crippen LogP contribution in [-0.2, 0) is 19.4 Å². The molecule has 0 fully saturated rings. The molecule has 0 bridgehead atoms. The van der Waals surface area contributed by atoms with Gasteiger partial charge in [0, 0.05) is 43.6 Å². The first-order chi connectivity index (χ1) is 13.5. The third kappa shape index (κ3) is 4.90. The fraction of sp³-hybridized carbons (Fsp3) is 0.300. The number of rotatable bonds is 4. The van der Waals surface area contributed by atoms with Crippen molar-refractivity contribution in [3.63, 3.8) is 0 Å². The lowest BCUT2D eigenvalue weighted by atomic mass is 9.99. The number of anilines is 1. The number of nitro benzene ring substituents is 1. The molecule has 7 nitrogen and oxygen atoms in total. The molecule has 0 spiro atoms. The highest BCUT2D eigenvalue weighted by Gasteiger charge is 2.21. The summed E-state index contributed by atoms with van der Waals surface area (Å²) in [6, 6.07) is 10.5. The van der Waals surface area contributed by atoms with Crippen molar-refractivity contribution >= 4 is 35.0 Å². The zero-order valence-corrected chi connectivity index (χ0v) is 16.7. The number of nitrogens with one attached hydrogen (secondary N) is 1. The lowest BCUT2D eigenvalue weighted by molar-refractivity contribution is -0.385. The van der Waals surface area contributed by atoms with Crippen LogP contribution in [0.25, 0.3) is 0 Å². The third-order valence-electron chi connectivity index (χ3n) is 4.59. The lowest BCUT2D eigenvalue weighted by Gasteiger charge is -2.31. The molecule has 8 heteroatoms. The van der Waals surface area contributed by atoms with Crippen molar-refractivity contribution in [1.82, 2.24) is 4.90 Å². The van der Waals surface area contributed by atoms with E-state index in [1.165, 1.54) is 0 Å². The minimum absolute atomic E-state index is 0.0993. The van der Waals surface area contributed by atoms with Gasteiger partial charge in [0.1, 0.15) is 6.29 Å². The van der Waals surface area contributed by atoms with Gasteiger partial charge in [0.15, 0.2) is 5.11 Å². The lowest BCUT2D eigenvalue weighted by Crippen LogP contribution is -2.38. The van der Waals surface area contributed by atoms with Gasteiger partial charge in [-0.15, -0.1) is 0 Å². The Morgan fingerprint density at radius 3 is 2.68 bits per heavy atom. The largest absolute Gasteiger partial charge is 0.400 e. The van der Waals surface area contributed by atoms with Crippen LogP contribution < -0.4 is 5.32 Å². The number of hydrogen-bond donors (Lipinski definition) is 2. The standard InChI is InChI=1S/C19H19N3O3S.CH4O/c1-2-14-9-13(12-23)3-6-18(14)20-19(26)21-8-7-15-4-5-17(22(24)25)10-16(15)11-21;1-2/h3-6,9-10,12H,2,7-8,11H2,1H3,(H,20,26);2H,1H3. The summed E-state index contributed by atoms with van der Waals surface area (Å²) >= 11 is 5.55. The quantitative estimate of drug-likeness (QED) is 0.351. The second-order valence-electron chi connectivity index (χ2n) is 6.20. The highest BCUT2D eigenvalue weighted by molar-refractivity contribution is 7.80. The number of carbonyl (C=O) groups is 1. The van der Waals surface area contributed by atoms with E-state index in [0.29, 0.717) is 17.2 Å². The number of aryl methyl sites for hydroxylation is 1. The number of hydrogen-bond acceptors (Lipinski definition) is 5. The van der Waals surface area contributed by atoms with Gasteiger partial charge in [-0.25, -0.2) is 0 Å². The number of aldehydes is 1. The van der Waals surface area contributed by atoms with E-state index in [9.17, 15) is 14.9 Å². The van der Waals surface area contributed by atoms with Gasteiger partial charge in [0.05, 0.1) is 4.92 Å². The molecule has 2 N–H and O–H groups in total. The summed E-state index contributed by atoms with van der Waals surface area (Å²) in [6.07, 6.45) is 2.40. The fourth-order valence-electron chi connectivity index (χ4n) is 3.13. The number of aliphatic hydroxyl groups is 1. The van der Waals surface area contributed by atoms with E-state index in [4.69, 9.17) is 17.3 Å². The molecule has 0 aromatic heterocycles. The van der Waals surface area contributed by atoms with Crippen molar-refractivity contribution in [2.75, 3.05) is 19.0 Å². The average Bonchev–Trinajstić information content (AvgIpc) is 2.74. The second kappa shape index (κ2) is 9.91. The summed E-state index contributed by atoms with van der Waals surface area (Å²) in [5.74, 6) is 0. The monoisotopic (exact) mass is 401 g/mol. The number of non-ortho nitro benzene ring substituents is 1. The first kappa shape index (κ1) is 21.5. The van der Waals surface area contributed by atoms with Gasteiger partial charge in [-0.2, -0.15) is 0 Å². The van der Waals surface area contributed by atoms with Crippen LogP contribution in [-0.4, -0.2) is 40.0 Å². The average molecular weight is 401 g/mol. The number of carbonyl (C=O) groups excluding carboxylic acids is 1. The molecular weight excluding hydrogens is 378 g/mol. The van der Waals surface area contributed by atoms with Crippen LogP contribution in [0.2, 0.25) is 0 Å². The van der Waals surface area contributed by atoms with Crippen LogP contribution in [0.4, 0.5) is 11.4 Å². The maximum Gasteiger partial charge on any atom is 0.269 e. The van der Waals surface area contributed by atoms with Crippen molar-refractivity contribution in [3.05, 3.63) is 68.8 Å². The van der Waals surface area contributed by atoms with Crippen molar-refractivity contribution in [2.24, 2.45) is 0 Å². The molecule has 1 aliphatic rings. The SMILES string of the molecule is CCc1cc(C=O)ccc1NC(=S)N1CCc2ccc([N+](=O)[O-])cc2C1.CO. The van der Waals surface area contributed by atoms with Crippen LogP contribution in [0.1, 0.15) is 34.0 Å². The molecule has 3 rings (SSSR count). The predicted octanol–water partition coefficient (Wildman–Crippen LogP) is 3.33. The predicted molar refractivity (Wildman–Crippen MR) is 113 cm³/mol. The summed E-state index contributed by atoms with van der Waals surface area (Å²) in [6.45, 7) is 3.32. The molecule has 28 heavy (non-hydrogen) atoms. The van der Waals surface area contributed by atoms with Gasteiger partial charge in [-0.05, 0) is 59.9 Å². The highest BCUT2D eigenvalue weighted by Crippen LogP contribution is 2.25. The fourth-order valence-corrected chi connectivity index (χ4v) is 3.39. The molecule has 0 saturated heterocycles. The van der Waals surface area contributed by atoms with Gasteiger partial charge < -0.3 is 15.3 Å². The van der Waals surface area contributed by atoms with Gasteiger partial charge in [0.25, 0.3) is 5.69 Å². The van der Waals surface area contributed by atoms with Crippen LogP contribution in [0.3, 0.4) is 0 Å². The number of nitro groups is 1. The minimum atomic E-state index is -0.377. The van der Waals surface area contributed by atoms with E-state index in [-0.39, 0.29) is 10.6 Å². The Labute approximate surface area is 169 Å². The van der Waals surface area contributed by atoms with E-state index in [1.807, 2.05) is 30.0 Å². The van der Waals surface area contributed by atoms with Crippen LogP contribution in [0.15, 0.2) is 36.4 Å². The summed E-state index contributed by atoms with van der Waals surface area (Å²) < 4.78 is 0. The van der Waals surface area contributed by atoms with E-state index in [1.54, 1.807) is 18.2 Å². The van der Waals surface area contributed by atoms with Gasteiger partial charge in [-0.3, -0.25) is 14.9 Å². The molecular formula is C20H23N3O4S. The van der Waals surface area contributed by atoms with Crippen molar-refractivity contribution in [2.45, 2.75) is 26.3 Å². The van der Waals surface area contributed by atoms with E-state index >= 15 is 0 Å². The Bertz CT molecular complexity index is 886. The van der Waals surface area contributed by atoms with E-state index in [2.05, 4.69) is 5.32 Å². The smallest absolute Gasteiger partial charge is 0.269 e. The third-order valence-corrected chi connectivity index (χ3v) is 4.95. The number of benzene rings is 2. The molecule has 0 unspecified atom stereocenters. The van der Waals surface area contributed by atoms with Crippen LogP contribution in [0, 0.1) is 10.1 Å². The Morgan fingerprint density at radius 1 is 1.29 bits per heavy atom. The molecule has 0 atom stereocenters. The van der Waals surface area contributed by atoms with E-state index in [0.717, 1.165) is 55.2 Å². The van der Waals surface area contributed by atoms with Crippen LogP contribution >= 0.6 is 12.2 Å². The Morgan fingerprint density at radius 2 is 2.04 bits per heavy atom. The molecule has 148 valence electrons. The summed E-state index contributed by atoms with van der Waals surface area (Å²) in [4.78, 5) is 23.6. The van der Waals surface area contributed by atoms with Gasteiger partial charge in [0.2, 0.25) is 0 Å². The van der Waals surface area contributed by atoms with E-state index < -0.39 is 0 Å². The van der Waals surface area contributed by atoms with Crippen LogP contribution in [0.5, 0.6) is 0 Å². The molecule has 0 saturated carbocycles. The molecule has 1 heterocycles. The molecule has 0 aliphatic carbocycles. The van der Waals surface area contributed by atoms with Gasteiger partial charge >= 0.3 is 0 Å². The topological polar surface area (TPSA) is 95.7 Å². The molecule has 2 aromatic rings. The van der Waals surface area contributed by atoms with Crippen molar-refractivity contribution < 1.29 is 14.8 Å². The molecule has 1 aliphatic heterocycles. The Kier molecular flexibility index (Phi) is 7.60. The summed E-state index contributed by atoms with van der Waals surface area (Å²) in [5, 5.41) is 21.8. The Hall–Kier alpha value is -2.84. The molecule has 0 amide bonds. The number of thiocarbonyl (C=S) groups is 1. The second-order valence-corrected chi connectivity index (χ2v) is 6.59. The maximum atomic E-state index is 11.0. The highest BCUT2D eigenvalue weighted by atomic mass is 32.1. The number of aliphatic hydroxyl groups excluding tert-OH is 1. The number of fused-ring (bicyclic) bond motifs is 1. The van der Waals surface area contributed by atoms with Gasteiger partial charge in [-0.1, -0.05) is 13.0 Å². The first-order valence-electron chi connectivity index (χ1n) is 8.86.